The molecule has 9 heteroatoms. The Hall–Kier alpha value is -3.36. The van der Waals surface area contributed by atoms with Gasteiger partial charge in [-0.05, 0) is 12.1 Å². The van der Waals surface area contributed by atoms with E-state index in [1.54, 1.807) is 25.2 Å². The third kappa shape index (κ3) is 2.80. The fraction of sp³-hybridized carbons (Fsp3) is 0.250. The van der Waals surface area contributed by atoms with Gasteiger partial charge in [-0.2, -0.15) is 5.10 Å². The average Bonchev–Trinajstić information content (AvgIpc) is 3.21. The second-order valence-electron chi connectivity index (χ2n) is 5.61. The van der Waals surface area contributed by atoms with E-state index in [2.05, 4.69) is 15.4 Å². The van der Waals surface area contributed by atoms with Crippen LogP contribution < -0.4 is 20.3 Å². The van der Waals surface area contributed by atoms with E-state index in [1.165, 1.54) is 21.8 Å². The zero-order valence-corrected chi connectivity index (χ0v) is 13.4. The van der Waals surface area contributed by atoms with Crippen molar-refractivity contribution >= 4 is 22.6 Å². The number of nitrogens with one attached hydrogen (secondary N) is 1. The highest BCUT2D eigenvalue weighted by Crippen LogP contribution is 2.34. The molecule has 128 valence electrons. The van der Waals surface area contributed by atoms with Gasteiger partial charge < -0.3 is 14.8 Å². The van der Waals surface area contributed by atoms with Crippen molar-refractivity contribution in [2.45, 2.75) is 13.0 Å². The lowest BCUT2D eigenvalue weighted by Crippen LogP contribution is -2.23. The summed E-state index contributed by atoms with van der Waals surface area (Å²) in [5.74, 6) is 1.04. The largest absolute Gasteiger partial charge is 0.454 e. The van der Waals surface area contributed by atoms with E-state index in [1.807, 2.05) is 0 Å². The molecule has 0 saturated heterocycles. The topological polar surface area (TPSA) is 100 Å². The van der Waals surface area contributed by atoms with Crippen LogP contribution in [0, 0.1) is 0 Å². The van der Waals surface area contributed by atoms with Crippen LogP contribution in [-0.4, -0.2) is 32.0 Å². The quantitative estimate of drug-likeness (QED) is 0.756. The molecule has 0 unspecified atom stereocenters. The summed E-state index contributed by atoms with van der Waals surface area (Å²) in [6.07, 6.45) is 3.05. The highest BCUT2D eigenvalue weighted by molar-refractivity contribution is 5.91. The molecule has 3 heterocycles. The van der Waals surface area contributed by atoms with Crippen molar-refractivity contribution in [1.82, 2.24) is 19.3 Å². The molecule has 0 spiro atoms. The first-order valence-electron chi connectivity index (χ1n) is 7.68. The number of carbonyl (C=O) groups excluding carboxylic acids is 1. The number of aryl methyl sites for hydroxylation is 2. The van der Waals surface area contributed by atoms with Crippen molar-refractivity contribution in [3.05, 3.63) is 41.1 Å². The smallest absolute Gasteiger partial charge is 0.264 e. The third-order valence-electron chi connectivity index (χ3n) is 3.95. The van der Waals surface area contributed by atoms with Crippen LogP contribution in [0.25, 0.3) is 11.0 Å². The van der Waals surface area contributed by atoms with Crippen LogP contribution in [0.4, 0.5) is 5.69 Å². The second-order valence-corrected chi connectivity index (χ2v) is 5.61. The first kappa shape index (κ1) is 15.2. The molecular formula is C16H15N5O4. The van der Waals surface area contributed by atoms with E-state index in [9.17, 15) is 9.59 Å². The van der Waals surface area contributed by atoms with Gasteiger partial charge in [-0.1, -0.05) is 0 Å². The minimum absolute atomic E-state index is 0.141. The molecule has 1 aliphatic rings. The number of anilines is 1. The van der Waals surface area contributed by atoms with Crippen molar-refractivity contribution < 1.29 is 14.3 Å². The minimum atomic E-state index is -0.214. The minimum Gasteiger partial charge on any atom is -0.454 e. The molecule has 4 rings (SSSR count). The van der Waals surface area contributed by atoms with E-state index >= 15 is 0 Å². The van der Waals surface area contributed by atoms with Gasteiger partial charge in [0.2, 0.25) is 12.7 Å². The van der Waals surface area contributed by atoms with Gasteiger partial charge in [0.25, 0.3) is 5.56 Å². The monoisotopic (exact) mass is 341 g/mol. The van der Waals surface area contributed by atoms with Crippen molar-refractivity contribution in [3.8, 4) is 11.5 Å². The number of carbonyl (C=O) groups is 1. The fourth-order valence-electron chi connectivity index (χ4n) is 2.65. The Kier molecular flexibility index (Phi) is 3.60. The van der Waals surface area contributed by atoms with Crippen molar-refractivity contribution in [2.24, 2.45) is 7.05 Å². The summed E-state index contributed by atoms with van der Waals surface area (Å²) in [4.78, 5) is 28.7. The zero-order chi connectivity index (χ0) is 17.4. The van der Waals surface area contributed by atoms with Gasteiger partial charge in [-0.15, -0.1) is 0 Å². The maximum atomic E-state index is 12.3. The Morgan fingerprint density at radius 1 is 1.32 bits per heavy atom. The first-order valence-corrected chi connectivity index (χ1v) is 7.68. The Morgan fingerprint density at radius 3 is 3.04 bits per heavy atom. The standard InChI is InChI=1S/C16H15N5O4/c1-20-15-11(7-18-20)16(23)21(8-17-15)5-4-14(22)19-10-2-3-12-13(6-10)25-9-24-12/h2-3,6-8H,4-5,9H2,1H3,(H,19,22). The molecule has 1 amide bonds. The molecule has 0 radical (unpaired) electrons. The van der Waals surface area contributed by atoms with Gasteiger partial charge >= 0.3 is 0 Å². The van der Waals surface area contributed by atoms with Gasteiger partial charge in [0, 0.05) is 31.8 Å². The first-order chi connectivity index (χ1) is 12.1. The Balaban J connectivity index is 1.43. The van der Waals surface area contributed by atoms with Gasteiger partial charge in [-0.3, -0.25) is 18.8 Å². The van der Waals surface area contributed by atoms with Gasteiger partial charge in [-0.25, -0.2) is 4.98 Å². The summed E-state index contributed by atoms with van der Waals surface area (Å²) in [7, 11) is 1.72. The summed E-state index contributed by atoms with van der Waals surface area (Å²) in [5, 5.41) is 7.22. The average molecular weight is 341 g/mol. The third-order valence-corrected chi connectivity index (χ3v) is 3.95. The molecule has 9 nitrogen and oxygen atoms in total. The maximum absolute atomic E-state index is 12.3. The van der Waals surface area contributed by atoms with Crippen LogP contribution in [0.1, 0.15) is 6.42 Å². The predicted molar refractivity (Wildman–Crippen MR) is 88.6 cm³/mol. The Morgan fingerprint density at radius 2 is 2.16 bits per heavy atom. The predicted octanol–water partition coefficient (Wildman–Crippen LogP) is 0.887. The molecule has 3 aromatic rings. The van der Waals surface area contributed by atoms with Gasteiger partial charge in [0.15, 0.2) is 17.1 Å². The van der Waals surface area contributed by atoms with Crippen LogP contribution in [-0.2, 0) is 18.4 Å². The molecule has 0 fully saturated rings. The van der Waals surface area contributed by atoms with E-state index in [0.717, 1.165) is 0 Å². The number of benzene rings is 1. The highest BCUT2D eigenvalue weighted by atomic mass is 16.7. The van der Waals surface area contributed by atoms with Crippen molar-refractivity contribution in [3.63, 3.8) is 0 Å². The number of ether oxygens (including phenoxy) is 2. The number of nitrogens with zero attached hydrogens (tertiary/aromatic N) is 4. The summed E-state index contributed by atoms with van der Waals surface area (Å²) < 4.78 is 13.4. The fourth-order valence-corrected chi connectivity index (χ4v) is 2.65. The van der Waals surface area contributed by atoms with Crippen molar-refractivity contribution in [1.29, 1.82) is 0 Å². The highest BCUT2D eigenvalue weighted by Gasteiger charge is 2.14. The summed E-state index contributed by atoms with van der Waals surface area (Å²) >= 11 is 0. The molecule has 1 aromatic carbocycles. The number of fused-ring (bicyclic) bond motifs is 2. The molecule has 1 N–H and O–H groups in total. The number of hydrogen-bond donors (Lipinski definition) is 1. The maximum Gasteiger partial charge on any atom is 0.264 e. The normalized spacial score (nSPS) is 12.5. The number of rotatable bonds is 4. The zero-order valence-electron chi connectivity index (χ0n) is 13.4. The van der Waals surface area contributed by atoms with Crippen LogP contribution in [0.5, 0.6) is 11.5 Å². The molecule has 25 heavy (non-hydrogen) atoms. The van der Waals surface area contributed by atoms with Crippen LogP contribution >= 0.6 is 0 Å². The summed E-state index contributed by atoms with van der Waals surface area (Å²) in [5.41, 5.74) is 0.919. The Bertz CT molecular complexity index is 1020. The lowest BCUT2D eigenvalue weighted by molar-refractivity contribution is -0.116. The molecule has 0 saturated carbocycles. The van der Waals surface area contributed by atoms with Gasteiger partial charge in [0.1, 0.15) is 5.39 Å². The molecule has 1 aliphatic heterocycles. The number of aromatic nitrogens is 4. The molecule has 0 aliphatic carbocycles. The summed E-state index contributed by atoms with van der Waals surface area (Å²) in [6.45, 7) is 0.409. The SMILES string of the molecule is Cn1ncc2c(=O)n(CCC(=O)Nc3ccc4c(c3)OCO4)cnc21. The van der Waals surface area contributed by atoms with E-state index in [-0.39, 0.29) is 31.2 Å². The molecule has 0 atom stereocenters. The second kappa shape index (κ2) is 5.93. The van der Waals surface area contributed by atoms with Crippen LogP contribution in [0.2, 0.25) is 0 Å². The Labute approximate surface area is 141 Å². The summed E-state index contributed by atoms with van der Waals surface area (Å²) in [6, 6.07) is 5.18. The van der Waals surface area contributed by atoms with E-state index in [4.69, 9.17) is 9.47 Å². The molecular weight excluding hydrogens is 326 g/mol. The number of hydrogen-bond acceptors (Lipinski definition) is 6. The lowest BCUT2D eigenvalue weighted by atomic mass is 10.2. The van der Waals surface area contributed by atoms with Crippen LogP contribution in [0.3, 0.4) is 0 Å². The lowest BCUT2D eigenvalue weighted by Gasteiger charge is -2.07. The van der Waals surface area contributed by atoms with E-state index < -0.39 is 0 Å². The van der Waals surface area contributed by atoms with Crippen molar-refractivity contribution in [2.75, 3.05) is 12.1 Å². The van der Waals surface area contributed by atoms with Gasteiger partial charge in [0.05, 0.1) is 12.5 Å². The molecule has 2 aromatic heterocycles. The van der Waals surface area contributed by atoms with Crippen LogP contribution in [0.15, 0.2) is 35.5 Å². The number of amides is 1. The van der Waals surface area contributed by atoms with E-state index in [0.29, 0.717) is 28.2 Å². The molecule has 0 bridgehead atoms.